The fourth-order valence-corrected chi connectivity index (χ4v) is 2.64. The van der Waals surface area contributed by atoms with Crippen LogP contribution >= 0.6 is 0 Å². The molecule has 3 heteroatoms. The maximum atomic E-state index is 5.86. The highest BCUT2D eigenvalue weighted by atomic mass is 16.5. The fourth-order valence-electron chi connectivity index (χ4n) is 2.64. The number of ether oxygens (including phenoxy) is 2. The van der Waals surface area contributed by atoms with Gasteiger partial charge in [0, 0.05) is 13.7 Å². The molecule has 0 aliphatic heterocycles. The third kappa shape index (κ3) is 4.94. The zero-order valence-electron chi connectivity index (χ0n) is 11.8. The molecule has 0 spiro atoms. The second kappa shape index (κ2) is 8.31. The summed E-state index contributed by atoms with van der Waals surface area (Å²) < 4.78 is 11.1. The van der Waals surface area contributed by atoms with Crippen molar-refractivity contribution in [1.29, 1.82) is 0 Å². The van der Waals surface area contributed by atoms with Crippen molar-refractivity contribution in [2.24, 2.45) is 0 Å². The van der Waals surface area contributed by atoms with Crippen LogP contribution in [0.2, 0.25) is 0 Å². The summed E-state index contributed by atoms with van der Waals surface area (Å²) in [5, 5.41) is 3.51. The summed E-state index contributed by atoms with van der Waals surface area (Å²) in [6.07, 6.45) is 5.63. The highest BCUT2D eigenvalue weighted by molar-refractivity contribution is 5.18. The van der Waals surface area contributed by atoms with Crippen LogP contribution in [0.15, 0.2) is 30.3 Å². The van der Waals surface area contributed by atoms with E-state index in [2.05, 4.69) is 29.6 Å². The monoisotopic (exact) mass is 263 g/mol. The van der Waals surface area contributed by atoms with Crippen molar-refractivity contribution >= 4 is 0 Å². The lowest BCUT2D eigenvalue weighted by molar-refractivity contribution is 0.0569. The van der Waals surface area contributed by atoms with Crippen LogP contribution in [0.25, 0.3) is 0 Å². The summed E-state index contributed by atoms with van der Waals surface area (Å²) in [6, 6.07) is 10.7. The van der Waals surface area contributed by atoms with Gasteiger partial charge < -0.3 is 14.8 Å². The third-order valence-corrected chi connectivity index (χ3v) is 3.68. The van der Waals surface area contributed by atoms with E-state index in [4.69, 9.17) is 9.47 Å². The molecule has 0 bridgehead atoms. The molecule has 1 N–H and O–H groups in total. The van der Waals surface area contributed by atoms with Gasteiger partial charge in [-0.05, 0) is 18.4 Å². The van der Waals surface area contributed by atoms with Crippen molar-refractivity contribution in [2.45, 2.75) is 37.8 Å². The van der Waals surface area contributed by atoms with Crippen molar-refractivity contribution in [3.8, 4) is 0 Å². The average Bonchev–Trinajstić information content (AvgIpc) is 2.96. The Morgan fingerprint density at radius 2 is 1.95 bits per heavy atom. The zero-order chi connectivity index (χ0) is 13.3. The van der Waals surface area contributed by atoms with Gasteiger partial charge in [0.25, 0.3) is 0 Å². The summed E-state index contributed by atoms with van der Waals surface area (Å²) in [7, 11) is 1.74. The average molecular weight is 263 g/mol. The molecule has 1 aromatic carbocycles. The summed E-state index contributed by atoms with van der Waals surface area (Å²) >= 11 is 0. The van der Waals surface area contributed by atoms with Crippen LogP contribution in [-0.4, -0.2) is 33.0 Å². The van der Waals surface area contributed by atoms with Crippen molar-refractivity contribution in [3.05, 3.63) is 35.9 Å². The smallest absolute Gasteiger partial charge is 0.0657 e. The normalized spacial score (nSPS) is 17.7. The molecule has 3 nitrogen and oxygen atoms in total. The zero-order valence-corrected chi connectivity index (χ0v) is 11.8. The highest BCUT2D eigenvalue weighted by Crippen LogP contribution is 2.20. The molecular weight excluding hydrogens is 238 g/mol. The molecule has 2 rings (SSSR count). The van der Waals surface area contributed by atoms with Crippen molar-refractivity contribution in [3.63, 3.8) is 0 Å². The van der Waals surface area contributed by atoms with E-state index in [9.17, 15) is 0 Å². The molecule has 106 valence electrons. The first-order valence-corrected chi connectivity index (χ1v) is 7.29. The number of nitrogens with one attached hydrogen (secondary N) is 1. The van der Waals surface area contributed by atoms with Gasteiger partial charge in [0.2, 0.25) is 0 Å². The first-order valence-electron chi connectivity index (χ1n) is 7.29. The molecule has 0 aromatic heterocycles. The second-order valence-electron chi connectivity index (χ2n) is 5.15. The number of methoxy groups -OCH3 is 1. The first kappa shape index (κ1) is 14.5. The van der Waals surface area contributed by atoms with E-state index in [0.29, 0.717) is 12.7 Å². The maximum absolute atomic E-state index is 5.86. The SMILES string of the molecule is COCC(NCCOC1CCCC1)c1ccccc1. The quantitative estimate of drug-likeness (QED) is 0.732. The van der Waals surface area contributed by atoms with Crippen LogP contribution in [0.1, 0.15) is 37.3 Å². The first-order chi connectivity index (χ1) is 9.40. The molecule has 1 fully saturated rings. The lowest BCUT2D eigenvalue weighted by atomic mass is 10.1. The van der Waals surface area contributed by atoms with Gasteiger partial charge in [0.1, 0.15) is 0 Å². The standard InChI is InChI=1S/C16H25NO2/c1-18-13-16(14-7-3-2-4-8-14)17-11-12-19-15-9-5-6-10-15/h2-4,7-8,15-17H,5-6,9-13H2,1H3. The van der Waals surface area contributed by atoms with Crippen molar-refractivity contribution < 1.29 is 9.47 Å². The van der Waals surface area contributed by atoms with Gasteiger partial charge >= 0.3 is 0 Å². The Hall–Kier alpha value is -0.900. The van der Waals surface area contributed by atoms with Crippen molar-refractivity contribution in [2.75, 3.05) is 26.9 Å². The molecule has 1 atom stereocenters. The predicted molar refractivity (Wildman–Crippen MR) is 77.3 cm³/mol. The highest BCUT2D eigenvalue weighted by Gasteiger charge is 2.15. The van der Waals surface area contributed by atoms with Gasteiger partial charge in [0.05, 0.1) is 25.4 Å². The lowest BCUT2D eigenvalue weighted by Crippen LogP contribution is -2.29. The van der Waals surface area contributed by atoms with Gasteiger partial charge in [-0.2, -0.15) is 0 Å². The molecular formula is C16H25NO2. The Labute approximate surface area is 116 Å². The van der Waals surface area contributed by atoms with Gasteiger partial charge in [0.15, 0.2) is 0 Å². The molecule has 1 saturated carbocycles. The summed E-state index contributed by atoms with van der Waals surface area (Å²) in [5.74, 6) is 0. The van der Waals surface area contributed by atoms with E-state index in [1.807, 2.05) is 6.07 Å². The summed E-state index contributed by atoms with van der Waals surface area (Å²) in [5.41, 5.74) is 1.27. The van der Waals surface area contributed by atoms with E-state index in [1.165, 1.54) is 31.2 Å². The van der Waals surface area contributed by atoms with Crippen LogP contribution in [-0.2, 0) is 9.47 Å². The summed E-state index contributed by atoms with van der Waals surface area (Å²) in [6.45, 7) is 2.35. The predicted octanol–water partition coefficient (Wildman–Crippen LogP) is 2.92. The number of benzene rings is 1. The van der Waals surface area contributed by atoms with E-state index in [1.54, 1.807) is 7.11 Å². The van der Waals surface area contributed by atoms with Crippen LogP contribution in [0.3, 0.4) is 0 Å². The summed E-state index contributed by atoms with van der Waals surface area (Å²) in [4.78, 5) is 0. The Morgan fingerprint density at radius 1 is 1.21 bits per heavy atom. The minimum absolute atomic E-state index is 0.248. The minimum Gasteiger partial charge on any atom is -0.383 e. The molecule has 0 amide bonds. The van der Waals surface area contributed by atoms with E-state index in [-0.39, 0.29) is 6.04 Å². The van der Waals surface area contributed by atoms with E-state index in [0.717, 1.165) is 13.2 Å². The molecule has 1 unspecified atom stereocenters. The second-order valence-corrected chi connectivity index (χ2v) is 5.15. The van der Waals surface area contributed by atoms with Gasteiger partial charge in [-0.1, -0.05) is 43.2 Å². The van der Waals surface area contributed by atoms with E-state index < -0.39 is 0 Å². The van der Waals surface area contributed by atoms with Crippen LogP contribution < -0.4 is 5.32 Å². The molecule has 1 aromatic rings. The third-order valence-electron chi connectivity index (χ3n) is 3.68. The molecule has 19 heavy (non-hydrogen) atoms. The molecule has 0 heterocycles. The van der Waals surface area contributed by atoms with E-state index >= 15 is 0 Å². The number of rotatable bonds is 8. The minimum atomic E-state index is 0.248. The topological polar surface area (TPSA) is 30.5 Å². The van der Waals surface area contributed by atoms with Crippen LogP contribution in [0.5, 0.6) is 0 Å². The largest absolute Gasteiger partial charge is 0.383 e. The Bertz CT molecular complexity index is 336. The van der Waals surface area contributed by atoms with Crippen molar-refractivity contribution in [1.82, 2.24) is 5.32 Å². The van der Waals surface area contributed by atoms with Gasteiger partial charge in [-0.25, -0.2) is 0 Å². The maximum Gasteiger partial charge on any atom is 0.0657 e. The molecule has 0 saturated heterocycles. The van der Waals surface area contributed by atoms with Crippen LogP contribution in [0, 0.1) is 0 Å². The Balaban J connectivity index is 1.71. The Kier molecular flexibility index (Phi) is 6.34. The Morgan fingerprint density at radius 3 is 2.63 bits per heavy atom. The fraction of sp³-hybridized carbons (Fsp3) is 0.625. The molecule has 1 aliphatic carbocycles. The van der Waals surface area contributed by atoms with Gasteiger partial charge in [-0.15, -0.1) is 0 Å². The molecule has 1 aliphatic rings. The number of hydrogen-bond donors (Lipinski definition) is 1. The number of hydrogen-bond acceptors (Lipinski definition) is 3. The lowest BCUT2D eigenvalue weighted by Gasteiger charge is -2.19. The van der Waals surface area contributed by atoms with Crippen LogP contribution in [0.4, 0.5) is 0 Å². The molecule has 0 radical (unpaired) electrons. The van der Waals surface area contributed by atoms with Gasteiger partial charge in [-0.3, -0.25) is 0 Å².